The Bertz CT molecular complexity index is 462. The van der Waals surface area contributed by atoms with E-state index in [4.69, 9.17) is 23.2 Å². The molecule has 3 nitrogen and oxygen atoms in total. The van der Waals surface area contributed by atoms with Crippen LogP contribution in [0.5, 0.6) is 0 Å². The van der Waals surface area contributed by atoms with Crippen molar-refractivity contribution >= 4 is 47.2 Å². The third-order valence-corrected chi connectivity index (χ3v) is 2.54. The second kappa shape index (κ2) is 5.43. The lowest BCUT2D eigenvalue weighted by atomic mass is 10.3. The van der Waals surface area contributed by atoms with Crippen LogP contribution in [-0.4, -0.2) is 9.97 Å². The van der Waals surface area contributed by atoms with Gasteiger partial charge >= 0.3 is 0 Å². The number of nitrogens with zero attached hydrogens (tertiary/aromatic N) is 1. The first-order valence-electron chi connectivity index (χ1n) is 4.39. The van der Waals surface area contributed by atoms with E-state index in [1.54, 1.807) is 24.4 Å². The summed E-state index contributed by atoms with van der Waals surface area (Å²) in [6, 6.07) is 5.33. The van der Waals surface area contributed by atoms with Gasteiger partial charge in [-0.2, -0.15) is 0 Å². The molecule has 0 aliphatic heterocycles. The van der Waals surface area contributed by atoms with Gasteiger partial charge < -0.3 is 10.3 Å². The first-order valence-corrected chi connectivity index (χ1v) is 5.15. The zero-order valence-electron chi connectivity index (χ0n) is 8.42. The Morgan fingerprint density at radius 2 is 1.88 bits per heavy atom. The molecule has 2 N–H and O–H groups in total. The summed E-state index contributed by atoms with van der Waals surface area (Å²) in [6.07, 6.45) is 1.73. The topological polar surface area (TPSA) is 40.7 Å². The van der Waals surface area contributed by atoms with Crippen LogP contribution in [0.4, 0.5) is 11.6 Å². The summed E-state index contributed by atoms with van der Waals surface area (Å²) in [6.45, 7) is 1.92. The van der Waals surface area contributed by atoms with Gasteiger partial charge in [0.2, 0.25) is 5.95 Å². The van der Waals surface area contributed by atoms with Crippen LogP contribution in [0.3, 0.4) is 0 Å². The van der Waals surface area contributed by atoms with Gasteiger partial charge in [-0.05, 0) is 19.1 Å². The molecule has 0 saturated carbocycles. The Labute approximate surface area is 110 Å². The lowest BCUT2D eigenvalue weighted by molar-refractivity contribution is 1.24. The molecular weight excluding hydrogens is 268 g/mol. The average Bonchev–Trinajstić information content (AvgIpc) is 2.58. The molecule has 0 saturated heterocycles. The number of aromatic nitrogens is 2. The van der Waals surface area contributed by atoms with Crippen LogP contribution in [0, 0.1) is 6.92 Å². The minimum Gasteiger partial charge on any atom is -0.328 e. The van der Waals surface area contributed by atoms with E-state index in [0.29, 0.717) is 21.7 Å². The van der Waals surface area contributed by atoms with E-state index in [0.717, 1.165) is 5.69 Å². The van der Waals surface area contributed by atoms with E-state index in [1.807, 2.05) is 6.92 Å². The van der Waals surface area contributed by atoms with Crippen molar-refractivity contribution in [2.45, 2.75) is 6.92 Å². The summed E-state index contributed by atoms with van der Waals surface area (Å²) in [4.78, 5) is 7.15. The Kier molecular flexibility index (Phi) is 4.47. The summed E-state index contributed by atoms with van der Waals surface area (Å²) >= 11 is 12.0. The van der Waals surface area contributed by atoms with Gasteiger partial charge in [-0.15, -0.1) is 12.4 Å². The highest BCUT2D eigenvalue weighted by molar-refractivity contribution is 6.39. The summed E-state index contributed by atoms with van der Waals surface area (Å²) in [5.41, 5.74) is 1.64. The maximum absolute atomic E-state index is 6.00. The van der Waals surface area contributed by atoms with Gasteiger partial charge in [-0.3, -0.25) is 0 Å². The average molecular weight is 279 g/mol. The molecule has 0 radical (unpaired) electrons. The largest absolute Gasteiger partial charge is 0.328 e. The number of nitrogens with one attached hydrogen (secondary N) is 2. The molecule has 0 aliphatic rings. The van der Waals surface area contributed by atoms with Crippen molar-refractivity contribution in [2.24, 2.45) is 0 Å². The van der Waals surface area contributed by atoms with E-state index in [2.05, 4.69) is 15.3 Å². The number of hydrogen-bond donors (Lipinski definition) is 2. The number of imidazole rings is 1. The molecule has 16 heavy (non-hydrogen) atoms. The number of hydrogen-bond acceptors (Lipinski definition) is 2. The van der Waals surface area contributed by atoms with Crippen LogP contribution < -0.4 is 5.32 Å². The molecule has 0 atom stereocenters. The third-order valence-electron chi connectivity index (χ3n) is 1.91. The number of rotatable bonds is 2. The number of benzene rings is 1. The summed E-state index contributed by atoms with van der Waals surface area (Å²) in [5.74, 6) is 0.627. The normalized spacial score (nSPS) is 9.69. The van der Waals surface area contributed by atoms with Gasteiger partial charge in [0.1, 0.15) is 0 Å². The fourth-order valence-corrected chi connectivity index (χ4v) is 1.70. The first kappa shape index (κ1) is 13.2. The number of anilines is 2. The Balaban J connectivity index is 0.00000128. The van der Waals surface area contributed by atoms with Crippen molar-refractivity contribution in [3.05, 3.63) is 40.1 Å². The van der Waals surface area contributed by atoms with Gasteiger partial charge in [-0.25, -0.2) is 4.98 Å². The third kappa shape index (κ3) is 2.82. The molecule has 0 aliphatic carbocycles. The Morgan fingerprint density at radius 3 is 2.38 bits per heavy atom. The molecule has 0 spiro atoms. The van der Waals surface area contributed by atoms with Crippen molar-refractivity contribution in [2.75, 3.05) is 5.32 Å². The number of H-pyrrole nitrogens is 1. The number of aryl methyl sites for hydroxylation is 1. The molecule has 0 bridgehead atoms. The Hall–Kier alpha value is -0.900. The first-order chi connectivity index (χ1) is 7.16. The molecule has 1 heterocycles. The molecule has 0 fully saturated rings. The van der Waals surface area contributed by atoms with Crippen molar-refractivity contribution in [3.8, 4) is 0 Å². The highest BCUT2D eigenvalue weighted by Crippen LogP contribution is 2.31. The molecule has 1 aromatic carbocycles. The van der Waals surface area contributed by atoms with Crippen molar-refractivity contribution in [1.82, 2.24) is 9.97 Å². The van der Waals surface area contributed by atoms with Gasteiger partial charge in [0.05, 0.1) is 15.7 Å². The maximum Gasteiger partial charge on any atom is 0.204 e. The number of halogens is 3. The smallest absolute Gasteiger partial charge is 0.204 e. The van der Waals surface area contributed by atoms with Crippen LogP contribution in [0.25, 0.3) is 0 Å². The molecule has 0 unspecified atom stereocenters. The van der Waals surface area contributed by atoms with Crippen LogP contribution in [0.1, 0.15) is 5.69 Å². The van der Waals surface area contributed by atoms with E-state index in [1.165, 1.54) is 0 Å². The van der Waals surface area contributed by atoms with E-state index < -0.39 is 0 Å². The highest BCUT2D eigenvalue weighted by atomic mass is 35.5. The van der Waals surface area contributed by atoms with Crippen LogP contribution in [0.2, 0.25) is 10.0 Å². The lowest BCUT2D eigenvalue weighted by Crippen LogP contribution is -1.94. The molecule has 6 heteroatoms. The van der Waals surface area contributed by atoms with E-state index in [-0.39, 0.29) is 12.4 Å². The van der Waals surface area contributed by atoms with Gasteiger partial charge in [0.15, 0.2) is 0 Å². The summed E-state index contributed by atoms with van der Waals surface area (Å²) in [5, 5.41) is 4.16. The number of para-hydroxylation sites is 1. The van der Waals surface area contributed by atoms with Gasteiger partial charge in [0, 0.05) is 11.9 Å². The second-order valence-corrected chi connectivity index (χ2v) is 3.95. The minimum atomic E-state index is 0. The zero-order valence-corrected chi connectivity index (χ0v) is 10.7. The molecule has 2 rings (SSSR count). The predicted molar refractivity (Wildman–Crippen MR) is 70.3 cm³/mol. The zero-order chi connectivity index (χ0) is 10.8. The van der Waals surface area contributed by atoms with Gasteiger partial charge in [-0.1, -0.05) is 29.3 Å². The minimum absolute atomic E-state index is 0. The number of aromatic amines is 1. The SMILES string of the molecule is Cc1cnc(Nc2c(Cl)cccc2Cl)[nH]1.Cl. The van der Waals surface area contributed by atoms with Gasteiger partial charge in [0.25, 0.3) is 0 Å². The standard InChI is InChI=1S/C10H9Cl2N3.ClH/c1-6-5-13-10(14-6)15-9-7(11)3-2-4-8(9)12;/h2-5H,1H3,(H2,13,14,15);1H. The quantitative estimate of drug-likeness (QED) is 0.865. The van der Waals surface area contributed by atoms with Crippen LogP contribution in [0.15, 0.2) is 24.4 Å². The van der Waals surface area contributed by atoms with Crippen LogP contribution in [-0.2, 0) is 0 Å². The molecule has 2 aromatic rings. The van der Waals surface area contributed by atoms with Crippen molar-refractivity contribution in [3.63, 3.8) is 0 Å². The van der Waals surface area contributed by atoms with E-state index in [9.17, 15) is 0 Å². The van der Waals surface area contributed by atoms with Crippen LogP contribution >= 0.6 is 35.6 Å². The highest BCUT2D eigenvalue weighted by Gasteiger charge is 2.06. The molecular formula is C10H10Cl3N3. The summed E-state index contributed by atoms with van der Waals surface area (Å²) < 4.78 is 0. The maximum atomic E-state index is 6.00. The lowest BCUT2D eigenvalue weighted by Gasteiger charge is -2.07. The monoisotopic (exact) mass is 277 g/mol. The fourth-order valence-electron chi connectivity index (χ4n) is 1.21. The molecule has 86 valence electrons. The molecule has 0 amide bonds. The predicted octanol–water partition coefficient (Wildman–Crippen LogP) is 4.19. The van der Waals surface area contributed by atoms with E-state index >= 15 is 0 Å². The van der Waals surface area contributed by atoms with Crippen molar-refractivity contribution in [1.29, 1.82) is 0 Å². The Morgan fingerprint density at radius 1 is 1.25 bits per heavy atom. The second-order valence-electron chi connectivity index (χ2n) is 3.14. The molecule has 1 aromatic heterocycles. The summed E-state index contributed by atoms with van der Waals surface area (Å²) in [7, 11) is 0. The fraction of sp³-hybridized carbons (Fsp3) is 0.100. The van der Waals surface area contributed by atoms with Crippen molar-refractivity contribution < 1.29 is 0 Å².